The van der Waals surface area contributed by atoms with Crippen LogP contribution in [0.2, 0.25) is 0 Å². The molecular formula is C14H15ClN2O4. The Hall–Kier alpha value is -2.34. The Balaban J connectivity index is 2.81. The van der Waals surface area contributed by atoms with E-state index in [2.05, 4.69) is 5.32 Å². The van der Waals surface area contributed by atoms with Crippen molar-refractivity contribution in [2.24, 2.45) is 0 Å². The summed E-state index contributed by atoms with van der Waals surface area (Å²) in [4.78, 5) is 33.2. The van der Waals surface area contributed by atoms with Crippen molar-refractivity contribution in [1.29, 1.82) is 0 Å². The van der Waals surface area contributed by atoms with Gasteiger partial charge in [0.1, 0.15) is 6.29 Å². The van der Waals surface area contributed by atoms with E-state index in [4.69, 9.17) is 16.5 Å². The Morgan fingerprint density at radius 2 is 2.10 bits per heavy atom. The van der Waals surface area contributed by atoms with Gasteiger partial charge in [0, 0.05) is 17.9 Å². The highest BCUT2D eigenvalue weighted by Gasteiger charge is 2.08. The number of carbonyl (C=O) groups excluding carboxylic acids is 3. The van der Waals surface area contributed by atoms with Crippen LogP contribution in [0.3, 0.4) is 0 Å². The van der Waals surface area contributed by atoms with Gasteiger partial charge in [0.15, 0.2) is 0 Å². The van der Waals surface area contributed by atoms with Crippen LogP contribution < -0.4 is 5.32 Å². The first-order valence-electron chi connectivity index (χ1n) is 6.20. The molecule has 0 saturated heterocycles. The van der Waals surface area contributed by atoms with Crippen LogP contribution in [-0.2, 0) is 14.3 Å². The number of hydrogen-bond donors (Lipinski definition) is 1. The van der Waals surface area contributed by atoms with E-state index in [1.807, 2.05) is 0 Å². The Morgan fingerprint density at radius 3 is 2.76 bits per heavy atom. The lowest BCUT2D eigenvalue weighted by molar-refractivity contribution is -0.123. The van der Waals surface area contributed by atoms with E-state index < -0.39 is 12.0 Å². The second kappa shape index (κ2) is 8.76. The fraction of sp³-hybridized carbons (Fsp3) is 0.214. The summed E-state index contributed by atoms with van der Waals surface area (Å²) in [6, 6.07) is 6.87. The van der Waals surface area contributed by atoms with Crippen molar-refractivity contribution in [1.82, 2.24) is 4.42 Å². The monoisotopic (exact) mass is 310 g/mol. The maximum Gasteiger partial charge on any atom is 0.411 e. The van der Waals surface area contributed by atoms with Gasteiger partial charge >= 0.3 is 6.09 Å². The Morgan fingerprint density at radius 1 is 1.38 bits per heavy atom. The van der Waals surface area contributed by atoms with Gasteiger partial charge in [-0.3, -0.25) is 10.1 Å². The Kier molecular flexibility index (Phi) is 6.97. The van der Waals surface area contributed by atoms with Gasteiger partial charge in [0.2, 0.25) is 0 Å². The van der Waals surface area contributed by atoms with Crippen LogP contribution in [-0.4, -0.2) is 35.9 Å². The summed E-state index contributed by atoms with van der Waals surface area (Å²) in [7, 11) is 0. The number of nitrogens with zero attached hydrogens (tertiary/aromatic N) is 1. The predicted octanol–water partition coefficient (Wildman–Crippen LogP) is 2.45. The molecule has 112 valence electrons. The molecule has 0 spiro atoms. The number of hydrogen-bond acceptors (Lipinski definition) is 4. The summed E-state index contributed by atoms with van der Waals surface area (Å²) in [5, 5.41) is 2.56. The van der Waals surface area contributed by atoms with E-state index in [1.54, 1.807) is 31.2 Å². The zero-order valence-corrected chi connectivity index (χ0v) is 12.2. The standard InChI is InChI=1S/C14H15ClN2O4/c1-2-21-14(20)16-12-6-4-3-5-11(12)7-8-13(19)17(15)9-10-18/h3-8,10H,2,9H2,1H3,(H,16,20)/b8-7+. The van der Waals surface area contributed by atoms with Gasteiger partial charge in [-0.15, -0.1) is 0 Å². The first-order valence-corrected chi connectivity index (χ1v) is 6.54. The SMILES string of the molecule is CCOC(=O)Nc1ccccc1/C=C/C(=O)N(Cl)CC=O. The van der Waals surface area contributed by atoms with Gasteiger partial charge in [-0.1, -0.05) is 18.2 Å². The third-order valence-corrected chi connectivity index (χ3v) is 2.66. The molecule has 0 aliphatic rings. The molecular weight excluding hydrogens is 296 g/mol. The topological polar surface area (TPSA) is 75.7 Å². The number of carbonyl (C=O) groups is 3. The minimum atomic E-state index is -0.579. The van der Waals surface area contributed by atoms with Gasteiger partial charge in [-0.25, -0.2) is 9.21 Å². The largest absolute Gasteiger partial charge is 0.450 e. The summed E-state index contributed by atoms with van der Waals surface area (Å²) < 4.78 is 5.54. The summed E-state index contributed by atoms with van der Waals surface area (Å²) >= 11 is 5.57. The molecule has 7 heteroatoms. The average molecular weight is 311 g/mol. The van der Waals surface area contributed by atoms with Gasteiger partial charge < -0.3 is 9.53 Å². The normalized spacial score (nSPS) is 10.2. The molecule has 0 aliphatic carbocycles. The molecule has 0 aliphatic heterocycles. The van der Waals surface area contributed by atoms with Crippen LogP contribution in [0.25, 0.3) is 6.08 Å². The van der Waals surface area contributed by atoms with Crippen LogP contribution in [0.1, 0.15) is 12.5 Å². The first kappa shape index (κ1) is 16.7. The zero-order valence-electron chi connectivity index (χ0n) is 11.4. The number of para-hydroxylation sites is 1. The molecule has 0 saturated carbocycles. The van der Waals surface area contributed by atoms with Crippen molar-refractivity contribution in [2.45, 2.75) is 6.92 Å². The first-order chi connectivity index (χ1) is 10.1. The van der Waals surface area contributed by atoms with Crippen molar-refractivity contribution in [3.63, 3.8) is 0 Å². The lowest BCUT2D eigenvalue weighted by Crippen LogP contribution is -2.21. The van der Waals surface area contributed by atoms with Gasteiger partial charge in [-0.2, -0.15) is 0 Å². The highest BCUT2D eigenvalue weighted by Crippen LogP contribution is 2.17. The maximum atomic E-state index is 11.6. The second-order valence-electron chi connectivity index (χ2n) is 3.82. The second-order valence-corrected chi connectivity index (χ2v) is 4.22. The molecule has 0 aromatic heterocycles. The third-order valence-electron chi connectivity index (χ3n) is 2.35. The van der Waals surface area contributed by atoms with Crippen LogP contribution in [0, 0.1) is 0 Å². The molecule has 0 unspecified atom stereocenters. The van der Waals surface area contributed by atoms with Crippen molar-refractivity contribution in [3.05, 3.63) is 35.9 Å². The molecule has 0 heterocycles. The molecule has 21 heavy (non-hydrogen) atoms. The highest BCUT2D eigenvalue weighted by molar-refractivity contribution is 6.24. The highest BCUT2D eigenvalue weighted by atomic mass is 35.5. The number of nitrogens with one attached hydrogen (secondary N) is 1. The van der Waals surface area contributed by atoms with Crippen LogP contribution >= 0.6 is 11.8 Å². The number of anilines is 1. The lowest BCUT2D eigenvalue weighted by atomic mass is 10.1. The van der Waals surface area contributed by atoms with E-state index in [0.29, 0.717) is 17.5 Å². The zero-order chi connectivity index (χ0) is 15.7. The molecule has 1 N–H and O–H groups in total. The summed E-state index contributed by atoms with van der Waals surface area (Å²) in [6.07, 6.45) is 2.64. The molecule has 0 bridgehead atoms. The molecule has 0 radical (unpaired) electrons. The van der Waals surface area contributed by atoms with E-state index in [1.165, 1.54) is 12.2 Å². The number of amides is 2. The van der Waals surface area contributed by atoms with Gasteiger partial charge in [0.05, 0.1) is 18.8 Å². The fourth-order valence-electron chi connectivity index (χ4n) is 1.43. The van der Waals surface area contributed by atoms with E-state index in [0.717, 1.165) is 4.42 Å². The smallest absolute Gasteiger partial charge is 0.411 e. The molecule has 1 aromatic carbocycles. The molecule has 6 nitrogen and oxygen atoms in total. The van der Waals surface area contributed by atoms with Crippen LogP contribution in [0.5, 0.6) is 0 Å². The number of halogens is 1. The molecule has 0 fully saturated rings. The minimum absolute atomic E-state index is 0.201. The van der Waals surface area contributed by atoms with Gasteiger partial charge in [0.25, 0.3) is 5.91 Å². The predicted molar refractivity (Wildman–Crippen MR) is 79.8 cm³/mol. The number of ether oxygens (including phenoxy) is 1. The average Bonchev–Trinajstić information content (AvgIpc) is 2.46. The maximum absolute atomic E-state index is 11.6. The minimum Gasteiger partial charge on any atom is -0.450 e. The van der Waals surface area contributed by atoms with E-state index in [-0.39, 0.29) is 13.2 Å². The molecule has 1 rings (SSSR count). The molecule has 0 atom stereocenters. The Bertz CT molecular complexity index is 546. The number of benzene rings is 1. The van der Waals surface area contributed by atoms with E-state index >= 15 is 0 Å². The number of rotatable bonds is 6. The van der Waals surface area contributed by atoms with Crippen molar-refractivity contribution in [3.8, 4) is 0 Å². The van der Waals surface area contributed by atoms with Crippen molar-refractivity contribution < 1.29 is 19.1 Å². The quantitative estimate of drug-likeness (QED) is 0.497. The van der Waals surface area contributed by atoms with Crippen LogP contribution in [0.15, 0.2) is 30.3 Å². The van der Waals surface area contributed by atoms with Gasteiger partial charge in [-0.05, 0) is 24.6 Å². The Labute approximate surface area is 127 Å². The van der Waals surface area contributed by atoms with Crippen molar-refractivity contribution in [2.75, 3.05) is 18.5 Å². The third kappa shape index (κ3) is 5.66. The summed E-state index contributed by atoms with van der Waals surface area (Å²) in [5.74, 6) is -0.533. The van der Waals surface area contributed by atoms with Crippen molar-refractivity contribution >= 4 is 41.8 Å². The van der Waals surface area contributed by atoms with Crippen LogP contribution in [0.4, 0.5) is 10.5 Å². The van der Waals surface area contributed by atoms with E-state index in [9.17, 15) is 14.4 Å². The summed E-state index contributed by atoms with van der Waals surface area (Å²) in [5.41, 5.74) is 1.10. The number of aldehydes is 1. The molecule has 2 amide bonds. The lowest BCUT2D eigenvalue weighted by Gasteiger charge is -2.09. The summed E-state index contributed by atoms with van der Waals surface area (Å²) in [6.45, 7) is 1.76. The fourth-order valence-corrected chi connectivity index (χ4v) is 1.54. The molecule has 1 aromatic rings.